The molecular weight excluding hydrogens is 1690 g/mol. The van der Waals surface area contributed by atoms with Crippen molar-refractivity contribution in [2.24, 2.45) is 0 Å². The van der Waals surface area contributed by atoms with Gasteiger partial charge in [-0.3, -0.25) is 55.8 Å². The summed E-state index contributed by atoms with van der Waals surface area (Å²) in [5.74, 6) is -0.333. The summed E-state index contributed by atoms with van der Waals surface area (Å²) >= 11 is 0. The number of carbonyl (C=O) groups is 1. The molecule has 6 aromatic carbocycles. The molecule has 2 aliphatic heterocycles. The van der Waals surface area contributed by atoms with Crippen LogP contribution in [0.15, 0.2) is 110 Å². The van der Waals surface area contributed by atoms with Crippen LogP contribution in [0.4, 0.5) is 15.8 Å². The summed E-state index contributed by atoms with van der Waals surface area (Å²) in [6.07, 6.45) is 45.2. The largest absolute Gasteiger partial charge is 0.370 e. The fraction of sp³-hybridized carbons (Fsp3) is 0.340. The number of anilines is 2. The predicted octanol–water partition coefficient (Wildman–Crippen LogP) is 21.9. The quantitative estimate of drug-likeness (QED) is 0.0632. The lowest BCUT2D eigenvalue weighted by Gasteiger charge is -2.31. The first-order valence-corrected chi connectivity index (χ1v) is 48.5. The van der Waals surface area contributed by atoms with Gasteiger partial charge in [-0.15, -0.1) is 0 Å². The molecule has 0 unspecified atom stereocenters. The van der Waals surface area contributed by atoms with Gasteiger partial charge >= 0.3 is 0 Å². The highest BCUT2D eigenvalue weighted by atomic mass is 19.1. The summed E-state index contributed by atoms with van der Waals surface area (Å²) in [5, 5.41) is 85.9. The topological polar surface area (TPSA) is 375 Å². The highest BCUT2D eigenvalue weighted by Gasteiger charge is 2.33. The third kappa shape index (κ3) is 14.4. The molecule has 0 radical (unpaired) electrons. The van der Waals surface area contributed by atoms with Gasteiger partial charge < -0.3 is 9.80 Å². The Balaban J connectivity index is 0.0000000929. The second-order valence-electron chi connectivity index (χ2n) is 38.1. The van der Waals surface area contributed by atoms with E-state index in [9.17, 15) is 9.18 Å². The van der Waals surface area contributed by atoms with Crippen LogP contribution in [0.1, 0.15) is 204 Å². The molecule has 135 heavy (non-hydrogen) atoms. The number of Topliss-reactive ketones (excluding diaryl/α,β-unsaturated/α-hetero) is 1. The second kappa shape index (κ2) is 34.4. The van der Waals surface area contributed by atoms with Crippen LogP contribution in [0, 0.1) is 40.4 Å². The molecule has 17 heterocycles. The van der Waals surface area contributed by atoms with Crippen molar-refractivity contribution in [3.05, 3.63) is 206 Å². The molecule has 2 fully saturated rings. The molecule has 15 aromatic heterocycles. The van der Waals surface area contributed by atoms with Gasteiger partial charge in [0.1, 0.15) is 11.2 Å². The van der Waals surface area contributed by atoms with Crippen LogP contribution in [0.2, 0.25) is 0 Å². The number of nitrogens with zero attached hydrogens (tertiary/aromatic N) is 17. The molecular formula is C106H106FN27O. The van der Waals surface area contributed by atoms with Crippen molar-refractivity contribution >= 4 is 137 Å². The van der Waals surface area contributed by atoms with E-state index in [1.54, 1.807) is 19.3 Å². The molecule has 29 heteroatoms. The van der Waals surface area contributed by atoms with Crippen LogP contribution in [0.25, 0.3) is 176 Å². The van der Waals surface area contributed by atoms with Crippen LogP contribution in [-0.2, 0) is 64.2 Å². The predicted molar refractivity (Wildman–Crippen MR) is 531 cm³/mol. The molecule has 28 rings (SSSR count). The number of halogens is 1. The van der Waals surface area contributed by atoms with Gasteiger partial charge in [0.05, 0.1) is 145 Å². The number of pyridine rings is 5. The maximum absolute atomic E-state index is 14.8. The van der Waals surface area contributed by atoms with Gasteiger partial charge in [0.25, 0.3) is 0 Å². The van der Waals surface area contributed by atoms with E-state index >= 15 is 0 Å². The van der Waals surface area contributed by atoms with Gasteiger partial charge in [0, 0.05) is 155 Å². The van der Waals surface area contributed by atoms with Crippen LogP contribution < -0.4 is 9.80 Å². The standard InChI is InChI=1S/C26H26N6.C23H26N6.C20H19N5O.C19H19N5.C18H16FN5/c1-4-10-32(11-5-1)23-13-22-20(15-28-31-22)24-18-6-2-3-7-19(18)25(29-26(23)24)16-8-9-21-17(12-16)14-27-30-21;1-14-17(12-24-27-14)22-16-8-4-3-7-15(16)21-18-13-25-28-19(18)11-20(23(21)26-22)29-9-5-2-6-10-29;1-10-14(9-21-23-10)20-13-6-4-3-5-12(13)17-15(22-20)7-8-16-18(17)19(11(2)26)25-24-16;1-10-14(9-20-22-10)19-13-6-4-3-5-12(13)18-15(21-19)7-8-16-17(18)11(2)23-24-16;1-9-12(7-20-23-9)17-11-5-3-2-4-10(11)16-13-8-21-24-15(13)6-14(19)18(16)22-17/h8-9,12-15H,1-7,10-11H2,(H,27,30)(H,28,31);11-13H,2-10H2,1H3,(H,24,27)(H,25,28);7-9H,3-6H2,1-2H3,(H,21,23)(H,24,25);7-9H,3-6H2,1-2H3,(H,20,22)(H,23,24);6-8H,2-5H2,1H3,(H,20,23)(H,21,24). The molecule has 7 aliphatic rings. The molecule has 0 bridgehead atoms. The summed E-state index contributed by atoms with van der Waals surface area (Å²) in [6.45, 7) is 16.2. The van der Waals surface area contributed by atoms with Crippen molar-refractivity contribution in [3.63, 3.8) is 0 Å². The summed E-state index contributed by atoms with van der Waals surface area (Å²) in [6, 6.07) is 20.7. The number of hydrogen-bond acceptors (Lipinski definition) is 18. The third-order valence-electron chi connectivity index (χ3n) is 29.9. The number of ketones is 1. The Morgan fingerprint density at radius 2 is 0.659 bits per heavy atom. The van der Waals surface area contributed by atoms with Crippen molar-refractivity contribution < 1.29 is 9.18 Å². The molecule has 28 nitrogen and oxygen atoms in total. The molecule has 678 valence electrons. The number of nitrogens with one attached hydrogen (secondary N) is 10. The van der Waals surface area contributed by atoms with E-state index in [0.29, 0.717) is 11.2 Å². The Bertz CT molecular complexity index is 8240. The Morgan fingerprint density at radius 3 is 1.11 bits per heavy atom. The number of piperidine rings is 2. The molecule has 0 spiro atoms. The van der Waals surface area contributed by atoms with Crippen molar-refractivity contribution in [2.45, 2.75) is 208 Å². The molecule has 5 aliphatic carbocycles. The number of carbonyl (C=O) groups excluding carboxylic acids is 1. The van der Waals surface area contributed by atoms with E-state index in [1.807, 2.05) is 63.2 Å². The first-order chi connectivity index (χ1) is 66.3. The normalized spacial score (nSPS) is 15.5. The van der Waals surface area contributed by atoms with Gasteiger partial charge in [-0.1, -0.05) is 6.07 Å². The highest BCUT2D eigenvalue weighted by Crippen LogP contribution is 2.49. The summed E-state index contributed by atoms with van der Waals surface area (Å²) < 4.78 is 14.8. The lowest BCUT2D eigenvalue weighted by molar-refractivity contribution is 0.101. The van der Waals surface area contributed by atoms with Crippen molar-refractivity contribution in [1.82, 2.24) is 127 Å². The number of aromatic amines is 10. The van der Waals surface area contributed by atoms with Crippen LogP contribution in [0.5, 0.6) is 0 Å². The first-order valence-electron chi connectivity index (χ1n) is 48.5. The van der Waals surface area contributed by atoms with Crippen LogP contribution in [0.3, 0.4) is 0 Å². The Hall–Kier alpha value is -14.8. The third-order valence-corrected chi connectivity index (χ3v) is 29.9. The smallest absolute Gasteiger partial charge is 0.180 e. The van der Waals surface area contributed by atoms with Gasteiger partial charge in [-0.05, 0) is 306 Å². The van der Waals surface area contributed by atoms with E-state index in [-0.39, 0.29) is 11.6 Å². The molecule has 2 saturated heterocycles. The number of hydrogen-bond donors (Lipinski definition) is 10. The molecule has 10 N–H and O–H groups in total. The van der Waals surface area contributed by atoms with Crippen molar-refractivity contribution in [1.29, 1.82) is 0 Å². The fourth-order valence-corrected chi connectivity index (χ4v) is 23.3. The summed E-state index contributed by atoms with van der Waals surface area (Å²) in [7, 11) is 0. The van der Waals surface area contributed by atoms with Gasteiger partial charge in [-0.25, -0.2) is 29.3 Å². The van der Waals surface area contributed by atoms with Crippen molar-refractivity contribution in [3.8, 4) is 56.3 Å². The molecule has 0 saturated carbocycles. The number of aryl methyl sites for hydroxylation is 10. The first kappa shape index (κ1) is 83.3. The van der Waals surface area contributed by atoms with E-state index in [4.69, 9.17) is 24.9 Å². The SMILES string of the molecule is CC(=O)c1n[nH]c2ccc3nc(-c4cn[nH]c4C)c4c(c3c12)CCCC4.Cc1[nH]ncc1-c1nc2c(F)cc3[nH]ncc3c2c2c1CCCC2.Cc1[nH]ncc1-c1nc2c(N3CCCCC3)cc3[nH]ncc3c2c2c1CCCC2.Cc1[nH]ncc1-c1nc2ccc3n[nH]c(C)c3c2c2c1CCCC2.c1cc2[nH]ncc2cc1-c1nc2c(N3CCCCC3)cc3[nH]ncc3c2c2c1CCCC2. The lowest BCUT2D eigenvalue weighted by atomic mass is 9.85. The monoisotopic (exact) mass is 1790 g/mol. The van der Waals surface area contributed by atoms with E-state index < -0.39 is 0 Å². The zero-order valence-corrected chi connectivity index (χ0v) is 77.0. The van der Waals surface area contributed by atoms with Crippen molar-refractivity contribution in [2.75, 3.05) is 36.0 Å². The lowest BCUT2D eigenvalue weighted by Crippen LogP contribution is -2.29. The van der Waals surface area contributed by atoms with Gasteiger partial charge in [0.15, 0.2) is 11.6 Å². The maximum atomic E-state index is 14.8. The number of benzene rings is 6. The Morgan fingerprint density at radius 1 is 0.296 bits per heavy atom. The minimum Gasteiger partial charge on any atom is -0.370 e. The summed E-state index contributed by atoms with van der Waals surface area (Å²) in [5.41, 5.74) is 43.4. The van der Waals surface area contributed by atoms with E-state index in [1.165, 1.54) is 188 Å². The Kier molecular flexibility index (Phi) is 21.2. The van der Waals surface area contributed by atoms with E-state index in [0.717, 1.165) is 277 Å². The average molecular weight is 1790 g/mol. The van der Waals surface area contributed by atoms with E-state index in [2.05, 4.69) is 175 Å². The fourth-order valence-electron chi connectivity index (χ4n) is 23.3. The molecule has 21 aromatic rings. The zero-order valence-electron chi connectivity index (χ0n) is 77.0. The van der Waals surface area contributed by atoms with Gasteiger partial charge in [-0.2, -0.15) is 51.0 Å². The maximum Gasteiger partial charge on any atom is 0.180 e. The van der Waals surface area contributed by atoms with Crippen LogP contribution in [-0.4, -0.2) is 159 Å². The highest BCUT2D eigenvalue weighted by molar-refractivity contribution is 6.19. The minimum absolute atomic E-state index is 0.0249. The Labute approximate surface area is 775 Å². The van der Waals surface area contributed by atoms with Crippen LogP contribution >= 0.6 is 0 Å². The summed E-state index contributed by atoms with van der Waals surface area (Å²) in [4.78, 5) is 42.8. The number of aromatic nitrogens is 25. The molecule has 0 amide bonds. The second-order valence-corrected chi connectivity index (χ2v) is 38.1. The minimum atomic E-state index is -0.308. The average Bonchev–Trinajstić information content (AvgIpc) is 1.72. The number of rotatable bonds is 8. The number of H-pyrrole nitrogens is 10. The van der Waals surface area contributed by atoms with Gasteiger partial charge in [0.2, 0.25) is 0 Å². The number of fused-ring (bicyclic) bond motifs is 26. The zero-order chi connectivity index (χ0) is 90.8. The molecule has 0 atom stereocenters.